The molecule has 1 aliphatic heterocycles. The Morgan fingerprint density at radius 2 is 1.89 bits per heavy atom. The maximum absolute atomic E-state index is 12.6. The number of nitrogens with zero attached hydrogens (tertiary/aromatic N) is 1. The van der Waals surface area contributed by atoms with E-state index >= 15 is 0 Å². The molecule has 8 nitrogen and oxygen atoms in total. The van der Waals surface area contributed by atoms with Crippen LogP contribution in [-0.2, 0) is 4.79 Å². The quantitative estimate of drug-likeness (QED) is 0.677. The number of aliphatic carboxylic acids is 1. The van der Waals surface area contributed by atoms with Gasteiger partial charge in [-0.1, -0.05) is 0 Å². The summed E-state index contributed by atoms with van der Waals surface area (Å²) >= 11 is 0. The minimum absolute atomic E-state index is 0.0452. The van der Waals surface area contributed by atoms with Gasteiger partial charge in [0.2, 0.25) is 0 Å². The topological polar surface area (TPSA) is 108 Å². The molecule has 27 heavy (non-hydrogen) atoms. The second-order valence-electron chi connectivity index (χ2n) is 7.27. The Labute approximate surface area is 158 Å². The standard InChI is InChI=1S/C19H27N3O5/c1-19(2,9-8-16(23)24)21-18(26)20-14-12-13(6-7-15(14)27-3)17(25)22-10-4-5-11-22/h6-7,12H,4-5,8-11H2,1-3H3,(H,23,24)(H2,20,21,26). The van der Waals surface area contributed by atoms with Crippen molar-refractivity contribution in [2.24, 2.45) is 0 Å². The lowest BCUT2D eigenvalue weighted by Gasteiger charge is -2.26. The van der Waals surface area contributed by atoms with E-state index in [4.69, 9.17) is 9.84 Å². The van der Waals surface area contributed by atoms with Crippen molar-refractivity contribution in [2.45, 2.75) is 45.1 Å². The number of ether oxygens (including phenoxy) is 1. The highest BCUT2D eigenvalue weighted by molar-refractivity contribution is 5.98. The van der Waals surface area contributed by atoms with E-state index in [-0.39, 0.29) is 12.3 Å². The lowest BCUT2D eigenvalue weighted by atomic mass is 9.99. The number of rotatable bonds is 7. The molecule has 1 heterocycles. The zero-order valence-electron chi connectivity index (χ0n) is 16.0. The van der Waals surface area contributed by atoms with Crippen molar-refractivity contribution in [3.63, 3.8) is 0 Å². The van der Waals surface area contributed by atoms with Crippen LogP contribution in [0.15, 0.2) is 18.2 Å². The second-order valence-corrected chi connectivity index (χ2v) is 7.27. The van der Waals surface area contributed by atoms with Crippen LogP contribution < -0.4 is 15.4 Å². The van der Waals surface area contributed by atoms with Gasteiger partial charge in [0.1, 0.15) is 5.75 Å². The van der Waals surface area contributed by atoms with Crippen LogP contribution in [0.3, 0.4) is 0 Å². The maximum atomic E-state index is 12.6. The van der Waals surface area contributed by atoms with E-state index in [1.54, 1.807) is 36.9 Å². The summed E-state index contributed by atoms with van der Waals surface area (Å²) in [6, 6.07) is 4.44. The predicted molar refractivity (Wildman–Crippen MR) is 101 cm³/mol. The molecule has 1 aromatic carbocycles. The number of hydrogen-bond acceptors (Lipinski definition) is 4. The first-order valence-electron chi connectivity index (χ1n) is 9.00. The van der Waals surface area contributed by atoms with E-state index < -0.39 is 17.5 Å². The Balaban J connectivity index is 2.09. The molecule has 0 unspecified atom stereocenters. The van der Waals surface area contributed by atoms with Gasteiger partial charge < -0.3 is 25.4 Å². The monoisotopic (exact) mass is 377 g/mol. The molecule has 0 spiro atoms. The summed E-state index contributed by atoms with van der Waals surface area (Å²) in [5.41, 5.74) is 0.172. The number of carboxylic acids is 1. The van der Waals surface area contributed by atoms with Crippen molar-refractivity contribution in [2.75, 3.05) is 25.5 Å². The first-order chi connectivity index (χ1) is 12.7. The average molecular weight is 377 g/mol. The summed E-state index contributed by atoms with van der Waals surface area (Å²) in [6.07, 6.45) is 2.25. The Hall–Kier alpha value is -2.77. The molecular weight excluding hydrogens is 350 g/mol. The Morgan fingerprint density at radius 3 is 2.48 bits per heavy atom. The molecule has 0 radical (unpaired) electrons. The Kier molecular flexibility index (Phi) is 6.65. The van der Waals surface area contributed by atoms with Crippen molar-refractivity contribution < 1.29 is 24.2 Å². The zero-order chi connectivity index (χ0) is 20.0. The number of carboxylic acid groups (broad SMARTS) is 1. The fourth-order valence-corrected chi connectivity index (χ4v) is 2.98. The fourth-order valence-electron chi connectivity index (χ4n) is 2.98. The van der Waals surface area contributed by atoms with Gasteiger partial charge in [-0.05, 0) is 51.3 Å². The summed E-state index contributed by atoms with van der Waals surface area (Å²) in [6.45, 7) is 4.98. The summed E-state index contributed by atoms with van der Waals surface area (Å²) < 4.78 is 5.27. The number of urea groups is 1. The van der Waals surface area contributed by atoms with Gasteiger partial charge in [-0.25, -0.2) is 4.79 Å². The van der Waals surface area contributed by atoms with Crippen LogP contribution >= 0.6 is 0 Å². The number of carbonyl (C=O) groups excluding carboxylic acids is 2. The third-order valence-corrected chi connectivity index (χ3v) is 4.50. The molecule has 1 aromatic rings. The molecule has 2 rings (SSSR count). The molecule has 3 N–H and O–H groups in total. The second kappa shape index (κ2) is 8.75. The minimum Gasteiger partial charge on any atom is -0.495 e. The Morgan fingerprint density at radius 1 is 1.22 bits per heavy atom. The van der Waals surface area contributed by atoms with Crippen LogP contribution in [0.4, 0.5) is 10.5 Å². The summed E-state index contributed by atoms with van der Waals surface area (Å²) in [5.74, 6) is -0.549. The van der Waals surface area contributed by atoms with Gasteiger partial charge in [0.05, 0.1) is 12.8 Å². The molecule has 148 valence electrons. The molecule has 3 amide bonds. The number of hydrogen-bond donors (Lipinski definition) is 3. The normalized spacial score (nSPS) is 14.0. The molecule has 8 heteroatoms. The van der Waals surface area contributed by atoms with Crippen LogP contribution in [0.5, 0.6) is 5.75 Å². The lowest BCUT2D eigenvalue weighted by Crippen LogP contribution is -2.45. The summed E-state index contributed by atoms with van der Waals surface area (Å²) in [4.78, 5) is 37.4. The third kappa shape index (κ3) is 5.87. The molecule has 0 saturated carbocycles. The number of carbonyl (C=O) groups is 3. The van der Waals surface area contributed by atoms with Crippen molar-refractivity contribution >= 4 is 23.6 Å². The molecule has 0 aliphatic carbocycles. The van der Waals surface area contributed by atoms with Crippen LogP contribution in [-0.4, -0.2) is 53.7 Å². The lowest BCUT2D eigenvalue weighted by molar-refractivity contribution is -0.137. The number of amides is 3. The highest BCUT2D eigenvalue weighted by Gasteiger charge is 2.23. The van der Waals surface area contributed by atoms with Crippen LogP contribution in [0, 0.1) is 0 Å². The van der Waals surface area contributed by atoms with Crippen molar-refractivity contribution in [3.05, 3.63) is 23.8 Å². The molecule has 0 bridgehead atoms. The van der Waals surface area contributed by atoms with E-state index in [0.717, 1.165) is 25.9 Å². The van der Waals surface area contributed by atoms with Crippen LogP contribution in [0.2, 0.25) is 0 Å². The smallest absolute Gasteiger partial charge is 0.319 e. The van der Waals surface area contributed by atoms with Gasteiger partial charge in [0.15, 0.2) is 0 Å². The number of anilines is 1. The first-order valence-corrected chi connectivity index (χ1v) is 9.00. The van der Waals surface area contributed by atoms with E-state index in [1.165, 1.54) is 7.11 Å². The molecule has 1 saturated heterocycles. The SMILES string of the molecule is COc1ccc(C(=O)N2CCCC2)cc1NC(=O)NC(C)(C)CCC(=O)O. The number of benzene rings is 1. The molecular formula is C19H27N3O5. The van der Waals surface area contributed by atoms with Crippen LogP contribution in [0.25, 0.3) is 0 Å². The van der Waals surface area contributed by atoms with Crippen molar-refractivity contribution in [1.82, 2.24) is 10.2 Å². The van der Waals surface area contributed by atoms with Crippen LogP contribution in [0.1, 0.15) is 49.9 Å². The number of likely N-dealkylation sites (tertiary alicyclic amines) is 1. The highest BCUT2D eigenvalue weighted by atomic mass is 16.5. The highest BCUT2D eigenvalue weighted by Crippen LogP contribution is 2.27. The predicted octanol–water partition coefficient (Wildman–Crippen LogP) is 2.70. The van der Waals surface area contributed by atoms with E-state index in [1.807, 2.05) is 0 Å². The molecule has 1 aliphatic rings. The van der Waals surface area contributed by atoms with E-state index in [0.29, 0.717) is 23.4 Å². The zero-order valence-corrected chi connectivity index (χ0v) is 16.0. The minimum atomic E-state index is -0.917. The van der Waals surface area contributed by atoms with Crippen molar-refractivity contribution in [3.8, 4) is 5.75 Å². The number of nitrogens with one attached hydrogen (secondary N) is 2. The van der Waals surface area contributed by atoms with Gasteiger partial charge in [-0.2, -0.15) is 0 Å². The van der Waals surface area contributed by atoms with E-state index in [2.05, 4.69) is 10.6 Å². The fraction of sp³-hybridized carbons (Fsp3) is 0.526. The molecule has 0 atom stereocenters. The maximum Gasteiger partial charge on any atom is 0.319 e. The summed E-state index contributed by atoms with van der Waals surface area (Å²) in [7, 11) is 1.48. The molecule has 0 aromatic heterocycles. The summed E-state index contributed by atoms with van der Waals surface area (Å²) in [5, 5.41) is 14.3. The third-order valence-electron chi connectivity index (χ3n) is 4.50. The van der Waals surface area contributed by atoms with Gasteiger partial charge in [-0.3, -0.25) is 9.59 Å². The van der Waals surface area contributed by atoms with Crippen molar-refractivity contribution in [1.29, 1.82) is 0 Å². The average Bonchev–Trinajstić information content (AvgIpc) is 3.13. The van der Waals surface area contributed by atoms with E-state index in [9.17, 15) is 14.4 Å². The van der Waals surface area contributed by atoms with Gasteiger partial charge in [0.25, 0.3) is 5.91 Å². The van der Waals surface area contributed by atoms with Gasteiger partial charge >= 0.3 is 12.0 Å². The number of methoxy groups -OCH3 is 1. The first kappa shape index (κ1) is 20.5. The van der Waals surface area contributed by atoms with Gasteiger partial charge in [-0.15, -0.1) is 0 Å². The molecule has 1 fully saturated rings. The Bertz CT molecular complexity index is 711. The largest absolute Gasteiger partial charge is 0.495 e. The van der Waals surface area contributed by atoms with Gasteiger partial charge in [0, 0.05) is 30.6 Å².